The molecule has 0 unspecified atom stereocenters. The Morgan fingerprint density at radius 2 is 1.00 bits per heavy atom. The van der Waals surface area contributed by atoms with Gasteiger partial charge in [-0.05, 0) is 75.9 Å². The van der Waals surface area contributed by atoms with E-state index in [2.05, 4.69) is 80.8 Å². The van der Waals surface area contributed by atoms with E-state index in [4.69, 9.17) is 20.2 Å². The molecule has 0 fully saturated rings. The number of halogens is 2. The SMILES string of the molecule is Cc1cc(C)c(N=Cc2cccc(C=Nc3c(C)cc(C)cc3C)n2)c(C)c1.[Cl][Fe][Cl]. The van der Waals surface area contributed by atoms with Gasteiger partial charge < -0.3 is 0 Å². The molecule has 31 heavy (non-hydrogen) atoms. The zero-order chi connectivity index (χ0) is 23.0. The van der Waals surface area contributed by atoms with E-state index in [-0.39, 0.29) is 13.1 Å². The van der Waals surface area contributed by atoms with E-state index >= 15 is 0 Å². The molecule has 164 valence electrons. The number of rotatable bonds is 4. The Labute approximate surface area is 200 Å². The summed E-state index contributed by atoms with van der Waals surface area (Å²) in [5.74, 6) is 0. The van der Waals surface area contributed by atoms with Crippen LogP contribution in [-0.2, 0) is 13.1 Å². The number of hydrogen-bond acceptors (Lipinski definition) is 3. The normalized spacial score (nSPS) is 11.2. The molecule has 3 nitrogen and oxygen atoms in total. The molecule has 0 aliphatic rings. The van der Waals surface area contributed by atoms with Gasteiger partial charge in [0.05, 0.1) is 35.2 Å². The van der Waals surface area contributed by atoms with Crippen LogP contribution in [0.3, 0.4) is 0 Å². The second-order valence-corrected chi connectivity index (χ2v) is 9.37. The Balaban J connectivity index is 0.00000107. The van der Waals surface area contributed by atoms with Gasteiger partial charge in [-0.1, -0.05) is 41.5 Å². The predicted octanol–water partition coefficient (Wildman–Crippen LogP) is 7.81. The molecule has 3 rings (SSSR count). The monoisotopic (exact) mass is 495 g/mol. The molecular formula is C25H27Cl2FeN3. The van der Waals surface area contributed by atoms with Crippen molar-refractivity contribution < 1.29 is 13.1 Å². The van der Waals surface area contributed by atoms with E-state index in [1.165, 1.54) is 33.4 Å². The Hall–Kier alpha value is -1.97. The van der Waals surface area contributed by atoms with Crippen LogP contribution < -0.4 is 0 Å². The molecule has 0 saturated carbocycles. The van der Waals surface area contributed by atoms with Gasteiger partial charge in [-0.15, -0.1) is 0 Å². The van der Waals surface area contributed by atoms with Gasteiger partial charge in [-0.2, -0.15) is 0 Å². The second kappa shape index (κ2) is 12.2. The fourth-order valence-corrected chi connectivity index (χ4v) is 3.63. The molecule has 0 saturated heterocycles. The summed E-state index contributed by atoms with van der Waals surface area (Å²) in [6.07, 6.45) is 3.65. The molecule has 3 aromatic rings. The van der Waals surface area contributed by atoms with E-state index in [0.717, 1.165) is 22.8 Å². The first-order chi connectivity index (χ1) is 14.7. The predicted molar refractivity (Wildman–Crippen MR) is 132 cm³/mol. The summed E-state index contributed by atoms with van der Waals surface area (Å²) in [4.78, 5) is 14.0. The molecule has 0 bridgehead atoms. The summed E-state index contributed by atoms with van der Waals surface area (Å²) in [7, 11) is 9.53. The fourth-order valence-electron chi connectivity index (χ4n) is 3.63. The van der Waals surface area contributed by atoms with Crippen molar-refractivity contribution in [3.8, 4) is 0 Å². The van der Waals surface area contributed by atoms with E-state index in [1.54, 1.807) is 0 Å². The van der Waals surface area contributed by atoms with Crippen LogP contribution in [0.5, 0.6) is 0 Å². The van der Waals surface area contributed by atoms with Gasteiger partial charge in [0, 0.05) is 0 Å². The zero-order valence-electron chi connectivity index (χ0n) is 18.6. The molecule has 0 aliphatic heterocycles. The number of aryl methyl sites for hydroxylation is 6. The van der Waals surface area contributed by atoms with Crippen molar-refractivity contribution >= 4 is 44.0 Å². The number of aliphatic imine (C=N–C) groups is 2. The third-order valence-electron chi connectivity index (χ3n) is 4.71. The molecule has 6 heteroatoms. The van der Waals surface area contributed by atoms with Crippen LogP contribution in [0, 0.1) is 41.5 Å². The minimum atomic E-state index is 0.194. The van der Waals surface area contributed by atoms with Crippen molar-refractivity contribution in [1.29, 1.82) is 0 Å². The number of nitrogens with zero attached hydrogens (tertiary/aromatic N) is 3. The van der Waals surface area contributed by atoms with Crippen molar-refractivity contribution in [2.75, 3.05) is 0 Å². The van der Waals surface area contributed by atoms with E-state index in [0.29, 0.717) is 0 Å². The minimum absolute atomic E-state index is 0.194. The first-order valence-electron chi connectivity index (χ1n) is 9.81. The van der Waals surface area contributed by atoms with Crippen LogP contribution in [0.4, 0.5) is 11.4 Å². The number of benzene rings is 2. The van der Waals surface area contributed by atoms with Crippen molar-refractivity contribution in [3.05, 3.63) is 87.2 Å². The maximum atomic E-state index is 4.76. The Bertz CT molecular complexity index is 979. The molecule has 0 radical (unpaired) electrons. The van der Waals surface area contributed by atoms with Crippen LogP contribution in [0.25, 0.3) is 0 Å². The topological polar surface area (TPSA) is 37.6 Å². The zero-order valence-corrected chi connectivity index (χ0v) is 21.3. The van der Waals surface area contributed by atoms with Crippen LogP contribution in [0.15, 0.2) is 52.4 Å². The van der Waals surface area contributed by atoms with Crippen LogP contribution in [0.1, 0.15) is 44.8 Å². The summed E-state index contributed by atoms with van der Waals surface area (Å²) in [6, 6.07) is 14.5. The molecule has 0 amide bonds. The van der Waals surface area contributed by atoms with Gasteiger partial charge in [-0.3, -0.25) is 9.98 Å². The number of aromatic nitrogens is 1. The first kappa shape index (κ1) is 25.3. The van der Waals surface area contributed by atoms with Gasteiger partial charge in [0.1, 0.15) is 0 Å². The van der Waals surface area contributed by atoms with Crippen molar-refractivity contribution in [1.82, 2.24) is 4.98 Å². The van der Waals surface area contributed by atoms with Crippen LogP contribution in [-0.4, -0.2) is 17.4 Å². The Morgan fingerprint density at radius 1 is 0.677 bits per heavy atom. The summed E-state index contributed by atoms with van der Waals surface area (Å²) in [6.45, 7) is 12.6. The van der Waals surface area contributed by atoms with Crippen molar-refractivity contribution in [2.24, 2.45) is 9.98 Å². The summed E-state index contributed by atoms with van der Waals surface area (Å²) < 4.78 is 0. The average molecular weight is 496 g/mol. The molecule has 0 N–H and O–H groups in total. The molecule has 0 aliphatic carbocycles. The van der Waals surface area contributed by atoms with Gasteiger partial charge in [0.25, 0.3) is 0 Å². The van der Waals surface area contributed by atoms with Gasteiger partial charge in [0.2, 0.25) is 0 Å². The van der Waals surface area contributed by atoms with Crippen LogP contribution >= 0.6 is 20.2 Å². The molecule has 2 aromatic carbocycles. The fraction of sp³-hybridized carbons (Fsp3) is 0.240. The van der Waals surface area contributed by atoms with E-state index < -0.39 is 0 Å². The van der Waals surface area contributed by atoms with Gasteiger partial charge >= 0.3 is 33.3 Å². The first-order valence-corrected chi connectivity index (χ1v) is 12.8. The molecular weight excluding hydrogens is 469 g/mol. The third-order valence-corrected chi connectivity index (χ3v) is 4.71. The quantitative estimate of drug-likeness (QED) is 0.268. The molecule has 0 spiro atoms. The number of pyridine rings is 1. The Kier molecular flexibility index (Phi) is 9.92. The number of hydrogen-bond donors (Lipinski definition) is 0. The molecule has 1 aromatic heterocycles. The van der Waals surface area contributed by atoms with Crippen LogP contribution in [0.2, 0.25) is 0 Å². The summed E-state index contributed by atoms with van der Waals surface area (Å²) in [5, 5.41) is 0. The van der Waals surface area contributed by atoms with E-state index in [9.17, 15) is 0 Å². The summed E-state index contributed by atoms with van der Waals surface area (Å²) >= 11 is 0.194. The van der Waals surface area contributed by atoms with Crippen molar-refractivity contribution in [3.63, 3.8) is 0 Å². The maximum absolute atomic E-state index is 4.76. The molecule has 0 atom stereocenters. The Morgan fingerprint density at radius 3 is 1.32 bits per heavy atom. The van der Waals surface area contributed by atoms with Gasteiger partial charge in [-0.25, -0.2) is 4.98 Å². The third kappa shape index (κ3) is 7.59. The van der Waals surface area contributed by atoms with E-state index in [1.807, 2.05) is 30.6 Å². The average Bonchev–Trinajstić information content (AvgIpc) is 2.67. The standard InChI is InChI=1S/C25H27N3.2ClH.Fe/c1-16-10-18(3)24(19(4)11-16)26-14-22-8-7-9-23(28-22)15-27-25-20(5)12-17(2)13-21(25)6;;;/h7-15H,1-6H3;2*1H;/q;;;+2/p-2. The molecule has 1 heterocycles. The summed E-state index contributed by atoms with van der Waals surface area (Å²) in [5.41, 5.74) is 10.9. The second-order valence-electron chi connectivity index (χ2n) is 7.55. The van der Waals surface area contributed by atoms with Gasteiger partial charge in [0.15, 0.2) is 0 Å². The van der Waals surface area contributed by atoms with Crippen molar-refractivity contribution in [2.45, 2.75) is 41.5 Å².